The molecule has 2 rings (SSSR count). The zero-order valence-electron chi connectivity index (χ0n) is 10.7. The van der Waals surface area contributed by atoms with Gasteiger partial charge < -0.3 is 15.5 Å². The highest BCUT2D eigenvalue weighted by molar-refractivity contribution is 5.85. The lowest BCUT2D eigenvalue weighted by Gasteiger charge is -2.10. The number of H-pyrrole nitrogens is 1. The Bertz CT molecular complexity index is 492. The van der Waals surface area contributed by atoms with Gasteiger partial charge in [0.2, 0.25) is 0 Å². The highest BCUT2D eigenvalue weighted by atomic mass is 35.5. The molecule has 0 bridgehead atoms. The first-order valence-electron chi connectivity index (χ1n) is 5.70. The highest BCUT2D eigenvalue weighted by Gasteiger charge is 2.16. The summed E-state index contributed by atoms with van der Waals surface area (Å²) >= 11 is 0. The molecule has 0 aliphatic heterocycles. The van der Waals surface area contributed by atoms with Gasteiger partial charge in [-0.05, 0) is 5.56 Å². The van der Waals surface area contributed by atoms with Gasteiger partial charge in [-0.15, -0.1) is 24.8 Å². The Morgan fingerprint density at radius 3 is 2.60 bits per heavy atom. The fourth-order valence-corrected chi connectivity index (χ4v) is 1.54. The van der Waals surface area contributed by atoms with E-state index in [9.17, 15) is 4.79 Å². The van der Waals surface area contributed by atoms with Crippen molar-refractivity contribution in [3.63, 3.8) is 0 Å². The van der Waals surface area contributed by atoms with E-state index in [-0.39, 0.29) is 31.4 Å². The Morgan fingerprint density at radius 1 is 1.30 bits per heavy atom. The molecular weight excluding hydrogens is 301 g/mol. The number of imidazole rings is 1. The number of benzene rings is 1. The predicted molar refractivity (Wildman–Crippen MR) is 81.0 cm³/mol. The summed E-state index contributed by atoms with van der Waals surface area (Å²) in [6.07, 6.45) is 3.66. The van der Waals surface area contributed by atoms with E-state index in [0.717, 1.165) is 5.56 Å². The zero-order chi connectivity index (χ0) is 12.8. The maximum absolute atomic E-state index is 11.7. The number of nitrogens with zero attached hydrogens (tertiary/aromatic N) is 1. The molecule has 1 heterocycles. The Kier molecular flexibility index (Phi) is 8.63. The van der Waals surface area contributed by atoms with E-state index < -0.39 is 12.0 Å². The SMILES string of the molecule is Cl.Cl.NC(Cc1ncc[nH]1)C(=O)OCc1ccccc1. The number of carbonyl (C=O) groups excluding carboxylic acids is 1. The first-order chi connectivity index (χ1) is 8.75. The second-order valence-corrected chi connectivity index (χ2v) is 3.94. The molecule has 0 saturated heterocycles. The van der Waals surface area contributed by atoms with Crippen LogP contribution in [-0.2, 0) is 22.6 Å². The first-order valence-corrected chi connectivity index (χ1v) is 5.70. The van der Waals surface area contributed by atoms with Gasteiger partial charge in [0.15, 0.2) is 0 Å². The number of ether oxygens (including phenoxy) is 1. The van der Waals surface area contributed by atoms with E-state index in [2.05, 4.69) is 9.97 Å². The van der Waals surface area contributed by atoms with E-state index in [1.807, 2.05) is 30.3 Å². The number of aromatic nitrogens is 2. The first kappa shape index (κ1) is 18.4. The summed E-state index contributed by atoms with van der Waals surface area (Å²) in [5, 5.41) is 0. The number of nitrogens with two attached hydrogens (primary N) is 1. The average molecular weight is 318 g/mol. The topological polar surface area (TPSA) is 81.0 Å². The third-order valence-corrected chi connectivity index (χ3v) is 2.49. The van der Waals surface area contributed by atoms with Crippen LogP contribution >= 0.6 is 24.8 Å². The van der Waals surface area contributed by atoms with E-state index in [0.29, 0.717) is 12.2 Å². The minimum absolute atomic E-state index is 0. The number of aromatic amines is 1. The smallest absolute Gasteiger partial charge is 0.323 e. The number of rotatable bonds is 5. The Hall–Kier alpha value is -1.56. The molecule has 3 N–H and O–H groups in total. The number of esters is 1. The van der Waals surface area contributed by atoms with Crippen molar-refractivity contribution in [2.24, 2.45) is 5.73 Å². The summed E-state index contributed by atoms with van der Waals surface area (Å²) in [4.78, 5) is 18.6. The van der Waals surface area contributed by atoms with E-state index in [1.54, 1.807) is 12.4 Å². The molecule has 2 aromatic rings. The molecule has 1 unspecified atom stereocenters. The van der Waals surface area contributed by atoms with Crippen LogP contribution in [0.4, 0.5) is 0 Å². The van der Waals surface area contributed by atoms with Crippen LogP contribution in [0.2, 0.25) is 0 Å². The minimum atomic E-state index is -0.695. The summed E-state index contributed by atoms with van der Waals surface area (Å²) in [7, 11) is 0. The summed E-state index contributed by atoms with van der Waals surface area (Å²) in [6, 6.07) is 8.79. The van der Waals surface area contributed by atoms with Gasteiger partial charge in [0.05, 0.1) is 0 Å². The summed E-state index contributed by atoms with van der Waals surface area (Å²) in [5.41, 5.74) is 6.68. The van der Waals surface area contributed by atoms with Gasteiger partial charge in [0.1, 0.15) is 18.5 Å². The molecule has 5 nitrogen and oxygen atoms in total. The molecule has 1 aromatic heterocycles. The van der Waals surface area contributed by atoms with Crippen LogP contribution in [0.3, 0.4) is 0 Å². The standard InChI is InChI=1S/C13H15N3O2.2ClH/c14-11(8-12-15-6-7-16-12)13(17)18-9-10-4-2-1-3-5-10;;/h1-7,11H,8-9,14H2,(H,15,16);2*1H. The van der Waals surface area contributed by atoms with Gasteiger partial charge in [-0.1, -0.05) is 30.3 Å². The lowest BCUT2D eigenvalue weighted by molar-refractivity contribution is -0.146. The fraction of sp³-hybridized carbons (Fsp3) is 0.231. The average Bonchev–Trinajstić information content (AvgIpc) is 2.90. The molecule has 0 amide bonds. The van der Waals surface area contributed by atoms with Crippen LogP contribution in [0, 0.1) is 0 Å². The minimum Gasteiger partial charge on any atom is -0.460 e. The van der Waals surface area contributed by atoms with Gasteiger partial charge in [0.25, 0.3) is 0 Å². The molecule has 0 aliphatic carbocycles. The molecule has 0 fully saturated rings. The lowest BCUT2D eigenvalue weighted by atomic mass is 10.2. The number of hydrogen-bond acceptors (Lipinski definition) is 4. The lowest BCUT2D eigenvalue weighted by Crippen LogP contribution is -2.34. The molecule has 0 radical (unpaired) electrons. The van der Waals surface area contributed by atoms with Gasteiger partial charge in [-0.2, -0.15) is 0 Å². The molecule has 0 aliphatic rings. The van der Waals surface area contributed by atoms with Crippen molar-refractivity contribution < 1.29 is 9.53 Å². The second kappa shape index (κ2) is 9.36. The molecule has 1 atom stereocenters. The third kappa shape index (κ3) is 5.61. The van der Waals surface area contributed by atoms with Crippen molar-refractivity contribution >= 4 is 30.8 Å². The van der Waals surface area contributed by atoms with Crippen molar-refractivity contribution in [1.29, 1.82) is 0 Å². The van der Waals surface area contributed by atoms with Gasteiger partial charge in [0, 0.05) is 18.8 Å². The summed E-state index contributed by atoms with van der Waals surface area (Å²) in [5.74, 6) is 0.259. The van der Waals surface area contributed by atoms with E-state index >= 15 is 0 Å². The van der Waals surface area contributed by atoms with Gasteiger partial charge in [-0.25, -0.2) is 4.98 Å². The summed E-state index contributed by atoms with van der Waals surface area (Å²) < 4.78 is 5.13. The van der Waals surface area contributed by atoms with Crippen molar-refractivity contribution in [1.82, 2.24) is 9.97 Å². The largest absolute Gasteiger partial charge is 0.460 e. The van der Waals surface area contributed by atoms with E-state index in [4.69, 9.17) is 10.5 Å². The van der Waals surface area contributed by atoms with Gasteiger partial charge >= 0.3 is 5.97 Å². The molecule has 7 heteroatoms. The molecular formula is C13H17Cl2N3O2. The van der Waals surface area contributed by atoms with Gasteiger partial charge in [-0.3, -0.25) is 4.79 Å². The van der Waals surface area contributed by atoms with Crippen molar-refractivity contribution in [2.75, 3.05) is 0 Å². The highest BCUT2D eigenvalue weighted by Crippen LogP contribution is 2.03. The predicted octanol–water partition coefficient (Wildman–Crippen LogP) is 1.87. The molecule has 0 saturated carbocycles. The molecule has 1 aromatic carbocycles. The van der Waals surface area contributed by atoms with Crippen LogP contribution in [0.25, 0.3) is 0 Å². The van der Waals surface area contributed by atoms with Crippen molar-refractivity contribution in [3.8, 4) is 0 Å². The Balaban J connectivity index is 0.00000180. The number of halogens is 2. The van der Waals surface area contributed by atoms with Crippen LogP contribution in [0.5, 0.6) is 0 Å². The number of hydrogen-bond donors (Lipinski definition) is 2. The number of carbonyl (C=O) groups is 1. The molecule has 20 heavy (non-hydrogen) atoms. The van der Waals surface area contributed by atoms with Crippen LogP contribution in [0.1, 0.15) is 11.4 Å². The van der Waals surface area contributed by atoms with Crippen molar-refractivity contribution in [2.45, 2.75) is 19.1 Å². The van der Waals surface area contributed by atoms with E-state index in [1.165, 1.54) is 0 Å². The van der Waals surface area contributed by atoms with Crippen LogP contribution < -0.4 is 5.73 Å². The fourth-order valence-electron chi connectivity index (χ4n) is 1.54. The maximum Gasteiger partial charge on any atom is 0.323 e. The Labute approximate surface area is 129 Å². The normalized spacial score (nSPS) is 10.8. The quantitative estimate of drug-likeness (QED) is 0.825. The monoisotopic (exact) mass is 317 g/mol. The van der Waals surface area contributed by atoms with Crippen LogP contribution in [-0.4, -0.2) is 22.0 Å². The second-order valence-electron chi connectivity index (χ2n) is 3.94. The maximum atomic E-state index is 11.7. The van der Waals surface area contributed by atoms with Crippen molar-refractivity contribution in [3.05, 3.63) is 54.1 Å². The van der Waals surface area contributed by atoms with Crippen LogP contribution in [0.15, 0.2) is 42.7 Å². The third-order valence-electron chi connectivity index (χ3n) is 2.49. The Morgan fingerprint density at radius 2 is 2.00 bits per heavy atom. The zero-order valence-corrected chi connectivity index (χ0v) is 12.3. The molecule has 0 spiro atoms. The molecule has 110 valence electrons. The summed E-state index contributed by atoms with van der Waals surface area (Å²) in [6.45, 7) is 0.242. The number of nitrogens with one attached hydrogen (secondary N) is 1.